The van der Waals surface area contributed by atoms with E-state index in [9.17, 15) is 0 Å². The van der Waals surface area contributed by atoms with Crippen molar-refractivity contribution in [3.05, 3.63) is 218 Å². The third-order valence-corrected chi connectivity index (χ3v) is 21.2. The molecule has 0 saturated heterocycles. The van der Waals surface area contributed by atoms with Gasteiger partial charge >= 0.3 is 0 Å². The maximum absolute atomic E-state index is 7.51. The number of para-hydroxylation sites is 4. The van der Waals surface area contributed by atoms with Crippen molar-refractivity contribution in [3.8, 4) is 22.3 Å². The van der Waals surface area contributed by atoms with Gasteiger partial charge in [0.05, 0.1) is 0 Å². The van der Waals surface area contributed by atoms with Gasteiger partial charge in [0.1, 0.15) is 22.3 Å². The zero-order valence-electron chi connectivity index (χ0n) is 34.9. The van der Waals surface area contributed by atoms with Crippen LogP contribution in [-0.4, -0.2) is 8.07 Å². The van der Waals surface area contributed by atoms with Gasteiger partial charge in [-0.2, -0.15) is 0 Å². The molecule has 0 N–H and O–H groups in total. The molecule has 0 bridgehead atoms. The molecule has 304 valence electrons. The smallest absolute Gasteiger partial charge is 0.185 e. The van der Waals surface area contributed by atoms with Gasteiger partial charge in [0.2, 0.25) is 0 Å². The molecular weight excluding hydrogens is 845 g/mol. The van der Waals surface area contributed by atoms with Crippen molar-refractivity contribution >= 4 is 136 Å². The van der Waals surface area contributed by atoms with Crippen LogP contribution in [0.5, 0.6) is 0 Å². The van der Waals surface area contributed by atoms with E-state index >= 15 is 0 Å². The van der Waals surface area contributed by atoms with Gasteiger partial charge in [0, 0.05) is 84.1 Å². The molecule has 0 saturated carbocycles. The van der Waals surface area contributed by atoms with Gasteiger partial charge in [-0.25, -0.2) is 0 Å². The van der Waals surface area contributed by atoms with Gasteiger partial charge in [-0.15, -0.1) is 22.7 Å². The molecule has 65 heavy (non-hydrogen) atoms. The molecule has 14 aromatic rings. The molecule has 0 fully saturated rings. The molecule has 2 nitrogen and oxygen atoms in total. The maximum Gasteiger partial charge on any atom is 0.185 e. The summed E-state index contributed by atoms with van der Waals surface area (Å²) in [5, 5.41) is 14.9. The van der Waals surface area contributed by atoms with Gasteiger partial charge in [-0.3, -0.25) is 0 Å². The van der Waals surface area contributed by atoms with Gasteiger partial charge in [0.15, 0.2) is 8.07 Å². The van der Waals surface area contributed by atoms with Crippen molar-refractivity contribution in [3.63, 3.8) is 0 Å². The lowest BCUT2D eigenvalue weighted by Gasteiger charge is -2.34. The fourth-order valence-corrected chi connectivity index (χ4v) is 18.9. The minimum atomic E-state index is -3.18. The first-order valence-corrected chi connectivity index (χ1v) is 25.7. The summed E-state index contributed by atoms with van der Waals surface area (Å²) in [6, 6.07) is 80.3. The van der Waals surface area contributed by atoms with Gasteiger partial charge in [-0.05, 0) is 32.9 Å². The Kier molecular flexibility index (Phi) is 8.08. The van der Waals surface area contributed by atoms with Crippen molar-refractivity contribution in [2.75, 3.05) is 0 Å². The van der Waals surface area contributed by atoms with Crippen molar-refractivity contribution in [2.45, 2.75) is 0 Å². The predicted molar refractivity (Wildman–Crippen MR) is 281 cm³/mol. The molecular formula is C60H36O2S2Si. The molecule has 0 atom stereocenters. The van der Waals surface area contributed by atoms with Crippen molar-refractivity contribution < 1.29 is 8.83 Å². The Balaban J connectivity index is 1.07. The highest BCUT2D eigenvalue weighted by Crippen LogP contribution is 2.45. The molecule has 0 amide bonds. The minimum Gasteiger partial charge on any atom is -0.455 e. The zero-order valence-corrected chi connectivity index (χ0v) is 37.6. The molecule has 0 spiro atoms. The van der Waals surface area contributed by atoms with E-state index in [0.29, 0.717) is 0 Å². The highest BCUT2D eigenvalue weighted by Gasteiger charge is 2.45. The molecule has 4 aromatic heterocycles. The topological polar surface area (TPSA) is 26.3 Å². The number of rotatable bonds is 6. The third kappa shape index (κ3) is 5.26. The molecule has 5 heteroatoms. The SMILES string of the molecule is c1ccc([Si](c2ccccc2)(c2cccc3c2oc2c(-c4cccc5c4sc4ccccc45)cccc23)c2cccc3c2sc2c(-c4cccc5c4oc4ccccc45)cccc23)cc1. The molecule has 0 radical (unpaired) electrons. The summed E-state index contributed by atoms with van der Waals surface area (Å²) in [6.45, 7) is 0. The number of hydrogen-bond acceptors (Lipinski definition) is 4. The quantitative estimate of drug-likeness (QED) is 0.123. The van der Waals surface area contributed by atoms with E-state index in [0.717, 1.165) is 55.0 Å². The lowest BCUT2D eigenvalue weighted by molar-refractivity contribution is 0.670. The molecule has 0 aliphatic carbocycles. The third-order valence-electron chi connectivity index (χ3n) is 13.7. The van der Waals surface area contributed by atoms with E-state index in [1.807, 2.05) is 28.7 Å². The van der Waals surface area contributed by atoms with Crippen LogP contribution in [-0.2, 0) is 0 Å². The van der Waals surface area contributed by atoms with Crippen molar-refractivity contribution in [2.24, 2.45) is 0 Å². The molecule has 14 rings (SSSR count). The lowest BCUT2D eigenvalue weighted by atomic mass is 10.0. The second-order valence-corrected chi connectivity index (χ2v) is 22.8. The standard InChI is InChI=1S/C60H36O2S2Si/c1-3-17-37(18-4-1)65(38-19-5-2-6-20-38,53-35-15-27-43-42-24-12-26-45(56(42)62-57(43)53)47-29-13-28-46-40-22-8-10-34-52(40)63-58(46)47)54-36-16-32-50-49-31-14-30-48(59(49)64-60(50)54)44-25-11-23-41-39-21-7-9-33-51(39)61-55(41)44/h1-36H. The van der Waals surface area contributed by atoms with Gasteiger partial charge < -0.3 is 8.83 Å². The largest absolute Gasteiger partial charge is 0.455 e. The first-order valence-electron chi connectivity index (χ1n) is 22.1. The van der Waals surface area contributed by atoms with Crippen LogP contribution in [0.3, 0.4) is 0 Å². The zero-order chi connectivity index (χ0) is 42.6. The van der Waals surface area contributed by atoms with Crippen LogP contribution in [0.4, 0.5) is 0 Å². The second kappa shape index (κ2) is 14.2. The Hall–Kier alpha value is -7.54. The summed E-state index contributed by atoms with van der Waals surface area (Å²) in [4.78, 5) is 0. The minimum absolute atomic E-state index is 0.909. The fraction of sp³-hybridized carbons (Fsp3) is 0. The fourth-order valence-electron chi connectivity index (χ4n) is 10.9. The molecule has 10 aromatic carbocycles. The van der Waals surface area contributed by atoms with Crippen LogP contribution in [0.2, 0.25) is 0 Å². The van der Waals surface area contributed by atoms with E-state index in [1.165, 1.54) is 72.2 Å². The van der Waals surface area contributed by atoms with Crippen LogP contribution < -0.4 is 20.7 Å². The summed E-state index contributed by atoms with van der Waals surface area (Å²) in [5.74, 6) is 0. The van der Waals surface area contributed by atoms with Crippen LogP contribution in [0, 0.1) is 0 Å². The summed E-state index contributed by atoms with van der Waals surface area (Å²) in [5.41, 5.74) is 8.33. The van der Waals surface area contributed by atoms with Crippen molar-refractivity contribution in [1.82, 2.24) is 0 Å². The number of benzene rings is 10. The summed E-state index contributed by atoms with van der Waals surface area (Å²) in [7, 11) is -3.18. The van der Waals surface area contributed by atoms with Crippen molar-refractivity contribution in [1.29, 1.82) is 0 Å². The Labute approximate surface area is 382 Å². The predicted octanol–water partition coefficient (Wildman–Crippen LogP) is 14.9. The Morgan fingerprint density at radius 2 is 0.723 bits per heavy atom. The highest BCUT2D eigenvalue weighted by molar-refractivity contribution is 7.31. The number of furan rings is 2. The van der Waals surface area contributed by atoms with Gasteiger partial charge in [-0.1, -0.05) is 206 Å². The van der Waals surface area contributed by atoms with E-state index in [4.69, 9.17) is 8.83 Å². The monoisotopic (exact) mass is 880 g/mol. The van der Waals surface area contributed by atoms with Crippen LogP contribution in [0.25, 0.3) is 106 Å². The average Bonchev–Trinajstić information content (AvgIpc) is 4.16. The van der Waals surface area contributed by atoms with Crippen LogP contribution in [0.1, 0.15) is 0 Å². The number of hydrogen-bond donors (Lipinski definition) is 0. The van der Waals surface area contributed by atoms with E-state index in [-0.39, 0.29) is 0 Å². The maximum atomic E-state index is 7.51. The van der Waals surface area contributed by atoms with Crippen LogP contribution >= 0.6 is 22.7 Å². The Morgan fingerprint density at radius 3 is 1.40 bits per heavy atom. The highest BCUT2D eigenvalue weighted by atomic mass is 32.1. The molecule has 4 heterocycles. The van der Waals surface area contributed by atoms with E-state index in [1.54, 1.807) is 0 Å². The Bertz CT molecular complexity index is 3920. The molecule has 0 aliphatic rings. The summed E-state index contributed by atoms with van der Waals surface area (Å²) >= 11 is 3.77. The molecule has 0 unspecified atom stereocenters. The summed E-state index contributed by atoms with van der Waals surface area (Å²) in [6.07, 6.45) is 0. The first-order chi connectivity index (χ1) is 32.3. The molecule has 0 aliphatic heterocycles. The van der Waals surface area contributed by atoms with Gasteiger partial charge in [0.25, 0.3) is 0 Å². The lowest BCUT2D eigenvalue weighted by Crippen LogP contribution is -2.74. The normalized spacial score (nSPS) is 12.3. The average molecular weight is 881 g/mol. The number of fused-ring (bicyclic) bond motifs is 12. The first kappa shape index (κ1) is 36.9. The van der Waals surface area contributed by atoms with E-state index in [2.05, 4.69) is 212 Å². The van der Waals surface area contributed by atoms with Crippen LogP contribution in [0.15, 0.2) is 227 Å². The second-order valence-electron chi connectivity index (χ2n) is 17.0. The van der Waals surface area contributed by atoms with E-state index < -0.39 is 8.07 Å². The summed E-state index contributed by atoms with van der Waals surface area (Å²) < 4.78 is 19.3. The number of thiophene rings is 2. The Morgan fingerprint density at radius 1 is 0.277 bits per heavy atom.